The third-order valence-corrected chi connectivity index (χ3v) is 12.6. The van der Waals surface area contributed by atoms with Crippen LogP contribution in [0.3, 0.4) is 0 Å². The molecule has 4 heteroatoms. The molecule has 60 heavy (non-hydrogen) atoms. The largest absolute Gasteiger partial charge is 0.456 e. The Hall–Kier alpha value is -7.30. The summed E-state index contributed by atoms with van der Waals surface area (Å²) < 4.78 is 13.9. The van der Waals surface area contributed by atoms with Gasteiger partial charge in [-0.2, -0.15) is 0 Å². The van der Waals surface area contributed by atoms with E-state index in [0.29, 0.717) is 0 Å². The van der Waals surface area contributed by atoms with Crippen LogP contribution in [-0.2, 0) is 0 Å². The maximum absolute atomic E-state index is 7.00. The van der Waals surface area contributed by atoms with Crippen LogP contribution in [0.25, 0.3) is 55.0 Å². The molecule has 2 heterocycles. The van der Waals surface area contributed by atoms with E-state index < -0.39 is 0 Å². The number of nitrogens with zero attached hydrogens (tertiary/aromatic N) is 1. The van der Waals surface area contributed by atoms with Crippen molar-refractivity contribution in [2.75, 3.05) is 4.90 Å². The van der Waals surface area contributed by atoms with Crippen LogP contribution in [-0.4, -0.2) is 6.71 Å². The number of ether oxygens (including phenoxy) is 1. The van der Waals surface area contributed by atoms with Crippen LogP contribution < -0.4 is 26.0 Å². The standard InChI is InChI=1S/C56H42BNO2/c1-35-16-11-17-36(2)53(35)57(54-37(3)18-12-19-38(54)4)48-33-32-44-43-31-30-41(34-51(43)59-50-29-15-27-47(48)52(44)50)58(40-22-9-6-10-23-40)49-28-14-26-46-45-25-13-24-42(55(45)60-56(46)49)39-20-7-5-8-21-39/h5-34H,1-4H3. The van der Waals surface area contributed by atoms with Crippen LogP contribution in [0.5, 0.6) is 11.5 Å². The van der Waals surface area contributed by atoms with Crippen LogP contribution >= 0.6 is 0 Å². The van der Waals surface area contributed by atoms with Crippen molar-refractivity contribution >= 4 is 72.9 Å². The molecule has 1 aliphatic rings. The van der Waals surface area contributed by atoms with Gasteiger partial charge in [-0.15, -0.1) is 0 Å². The van der Waals surface area contributed by atoms with Gasteiger partial charge in [0.05, 0.1) is 11.4 Å². The molecular weight excluding hydrogens is 729 g/mol. The summed E-state index contributed by atoms with van der Waals surface area (Å²) in [6.07, 6.45) is 0. The van der Waals surface area contributed by atoms with Gasteiger partial charge in [0.25, 0.3) is 0 Å². The Balaban J connectivity index is 1.08. The monoisotopic (exact) mass is 771 g/mol. The molecule has 0 saturated carbocycles. The molecule has 10 aromatic rings. The van der Waals surface area contributed by atoms with E-state index in [1.807, 2.05) is 6.07 Å². The van der Waals surface area contributed by atoms with Crippen LogP contribution in [0, 0.1) is 27.7 Å². The van der Waals surface area contributed by atoms with Crippen molar-refractivity contribution in [2.45, 2.75) is 27.7 Å². The van der Waals surface area contributed by atoms with Gasteiger partial charge in [-0.3, -0.25) is 0 Å². The van der Waals surface area contributed by atoms with Gasteiger partial charge in [0.2, 0.25) is 6.71 Å². The number of fused-ring (bicyclic) bond motifs is 5. The third kappa shape index (κ3) is 5.66. The lowest BCUT2D eigenvalue weighted by molar-refractivity contribution is 0.487. The zero-order valence-corrected chi connectivity index (χ0v) is 34.2. The van der Waals surface area contributed by atoms with Crippen molar-refractivity contribution in [3.8, 4) is 33.8 Å². The molecule has 286 valence electrons. The van der Waals surface area contributed by atoms with E-state index in [1.165, 1.54) is 49.6 Å². The fourth-order valence-electron chi connectivity index (χ4n) is 9.88. The molecule has 0 aliphatic carbocycles. The van der Waals surface area contributed by atoms with Gasteiger partial charge in [-0.25, -0.2) is 0 Å². The second kappa shape index (κ2) is 14.2. The Kier molecular flexibility index (Phi) is 8.49. The van der Waals surface area contributed by atoms with Crippen molar-refractivity contribution in [3.63, 3.8) is 0 Å². The maximum atomic E-state index is 7.00. The SMILES string of the molecule is Cc1cccc(C)c1B(c1c(C)cccc1C)c1ccc2c3c(cccc13)Oc1cc(N(c3ccccc3)c3cccc4c3oc3c(-c5ccccc5)cccc34)ccc1-2. The summed E-state index contributed by atoms with van der Waals surface area (Å²) >= 11 is 0. The maximum Gasteiger partial charge on any atom is 0.243 e. The first-order chi connectivity index (χ1) is 29.4. The number of para-hydroxylation sites is 3. The molecule has 0 unspecified atom stereocenters. The molecule has 0 radical (unpaired) electrons. The fraction of sp³-hybridized carbons (Fsp3) is 0.0714. The molecule has 0 atom stereocenters. The van der Waals surface area contributed by atoms with Gasteiger partial charge in [-0.1, -0.05) is 178 Å². The van der Waals surface area contributed by atoms with E-state index in [-0.39, 0.29) is 6.71 Å². The van der Waals surface area contributed by atoms with Gasteiger partial charge in [-0.05, 0) is 80.6 Å². The minimum atomic E-state index is 0.0598. The zero-order valence-electron chi connectivity index (χ0n) is 34.2. The Morgan fingerprint density at radius 1 is 0.417 bits per heavy atom. The molecule has 11 rings (SSSR count). The molecule has 0 fully saturated rings. The number of furan rings is 1. The lowest BCUT2D eigenvalue weighted by Gasteiger charge is -2.29. The van der Waals surface area contributed by atoms with Crippen molar-refractivity contribution in [1.82, 2.24) is 0 Å². The van der Waals surface area contributed by atoms with Gasteiger partial charge >= 0.3 is 0 Å². The topological polar surface area (TPSA) is 25.6 Å². The second-order valence-electron chi connectivity index (χ2n) is 16.2. The normalized spacial score (nSPS) is 11.8. The molecule has 0 bridgehead atoms. The van der Waals surface area contributed by atoms with Gasteiger partial charge in [0.1, 0.15) is 17.1 Å². The van der Waals surface area contributed by atoms with Crippen LogP contribution in [0.2, 0.25) is 0 Å². The molecule has 9 aromatic carbocycles. The average Bonchev–Trinajstić information content (AvgIpc) is 3.66. The van der Waals surface area contributed by atoms with Gasteiger partial charge < -0.3 is 14.1 Å². The van der Waals surface area contributed by atoms with E-state index in [2.05, 4.69) is 209 Å². The summed E-state index contributed by atoms with van der Waals surface area (Å²) in [5.41, 5.74) is 18.4. The molecule has 1 aromatic heterocycles. The highest BCUT2D eigenvalue weighted by molar-refractivity contribution is 6.98. The summed E-state index contributed by atoms with van der Waals surface area (Å²) in [5, 5.41) is 4.54. The lowest BCUT2D eigenvalue weighted by atomic mass is 9.33. The number of hydrogen-bond donors (Lipinski definition) is 0. The average molecular weight is 772 g/mol. The summed E-state index contributed by atoms with van der Waals surface area (Å²) in [7, 11) is 0. The second-order valence-corrected chi connectivity index (χ2v) is 16.2. The number of benzene rings is 9. The minimum absolute atomic E-state index is 0.0598. The molecule has 0 saturated heterocycles. The van der Waals surface area contributed by atoms with Crippen molar-refractivity contribution in [2.24, 2.45) is 0 Å². The Morgan fingerprint density at radius 2 is 1.00 bits per heavy atom. The number of aryl methyl sites for hydroxylation is 4. The number of anilines is 3. The molecule has 0 N–H and O–H groups in total. The fourth-order valence-corrected chi connectivity index (χ4v) is 9.88. The zero-order chi connectivity index (χ0) is 40.5. The molecule has 0 amide bonds. The molecule has 0 spiro atoms. The third-order valence-electron chi connectivity index (χ3n) is 12.6. The number of rotatable bonds is 7. The van der Waals surface area contributed by atoms with Crippen LogP contribution in [0.1, 0.15) is 22.3 Å². The van der Waals surface area contributed by atoms with Gasteiger partial charge in [0, 0.05) is 39.0 Å². The highest BCUT2D eigenvalue weighted by Crippen LogP contribution is 2.50. The van der Waals surface area contributed by atoms with E-state index in [0.717, 1.165) is 72.6 Å². The summed E-state index contributed by atoms with van der Waals surface area (Å²) in [6, 6.07) is 65.1. The first-order valence-corrected chi connectivity index (χ1v) is 20.8. The predicted molar refractivity (Wildman–Crippen MR) is 253 cm³/mol. The van der Waals surface area contributed by atoms with Crippen molar-refractivity contribution in [1.29, 1.82) is 0 Å². The summed E-state index contributed by atoms with van der Waals surface area (Å²) in [4.78, 5) is 2.29. The first kappa shape index (κ1) is 35.8. The van der Waals surface area contributed by atoms with Crippen molar-refractivity contribution < 1.29 is 9.15 Å². The highest BCUT2D eigenvalue weighted by Gasteiger charge is 2.32. The quantitative estimate of drug-likeness (QED) is 0.151. The van der Waals surface area contributed by atoms with Crippen molar-refractivity contribution in [3.05, 3.63) is 204 Å². The highest BCUT2D eigenvalue weighted by atomic mass is 16.5. The Bertz CT molecular complexity index is 3200. The van der Waals surface area contributed by atoms with Crippen LogP contribution in [0.15, 0.2) is 186 Å². The van der Waals surface area contributed by atoms with E-state index >= 15 is 0 Å². The minimum Gasteiger partial charge on any atom is -0.456 e. The Labute approximate surface area is 351 Å². The summed E-state index contributed by atoms with van der Waals surface area (Å²) in [6.45, 7) is 9.06. The smallest absolute Gasteiger partial charge is 0.243 e. The lowest BCUT2D eigenvalue weighted by Crippen LogP contribution is -2.56. The first-order valence-electron chi connectivity index (χ1n) is 20.8. The summed E-state index contributed by atoms with van der Waals surface area (Å²) in [5.74, 6) is 1.69. The van der Waals surface area contributed by atoms with Crippen LogP contribution in [0.4, 0.5) is 17.1 Å². The molecular formula is C56H42BNO2. The molecule has 1 aliphatic heterocycles. The van der Waals surface area contributed by atoms with Gasteiger partial charge in [0.15, 0.2) is 5.58 Å². The number of hydrogen-bond acceptors (Lipinski definition) is 3. The van der Waals surface area contributed by atoms with E-state index in [1.54, 1.807) is 0 Å². The predicted octanol–water partition coefficient (Wildman–Crippen LogP) is 13.4. The van der Waals surface area contributed by atoms with E-state index in [4.69, 9.17) is 9.15 Å². The Morgan fingerprint density at radius 3 is 1.70 bits per heavy atom. The van der Waals surface area contributed by atoms with E-state index in [9.17, 15) is 0 Å². The molecule has 3 nitrogen and oxygen atoms in total.